The monoisotopic (exact) mass is 270 g/mol. The summed E-state index contributed by atoms with van der Waals surface area (Å²) in [5, 5.41) is 6.06. The van der Waals surface area contributed by atoms with Gasteiger partial charge < -0.3 is 15.4 Å². The van der Waals surface area contributed by atoms with Gasteiger partial charge in [0.05, 0.1) is 6.61 Å². The first-order chi connectivity index (χ1) is 8.95. The van der Waals surface area contributed by atoms with Crippen molar-refractivity contribution in [3.63, 3.8) is 0 Å². The predicted molar refractivity (Wildman–Crippen MR) is 73.7 cm³/mol. The van der Waals surface area contributed by atoms with Crippen molar-refractivity contribution in [2.75, 3.05) is 19.7 Å². The molecule has 0 bridgehead atoms. The van der Waals surface area contributed by atoms with Crippen molar-refractivity contribution in [1.29, 1.82) is 0 Å². The molecule has 1 heterocycles. The van der Waals surface area contributed by atoms with Gasteiger partial charge in [-0.1, -0.05) is 0 Å². The van der Waals surface area contributed by atoms with Crippen LogP contribution in [0.2, 0.25) is 0 Å². The van der Waals surface area contributed by atoms with Crippen molar-refractivity contribution in [1.82, 2.24) is 10.6 Å². The lowest BCUT2D eigenvalue weighted by atomic mass is 9.93. The van der Waals surface area contributed by atoms with E-state index in [1.54, 1.807) is 20.8 Å². The number of ether oxygens (including phenoxy) is 1. The highest BCUT2D eigenvalue weighted by molar-refractivity contribution is 5.87. The molecule has 1 amide bonds. The quantitative estimate of drug-likeness (QED) is 0.712. The highest BCUT2D eigenvalue weighted by Crippen LogP contribution is 2.18. The first-order valence-electron chi connectivity index (χ1n) is 7.14. The first-order valence-corrected chi connectivity index (χ1v) is 7.14. The molecule has 0 atom stereocenters. The Hall–Kier alpha value is -1.10. The molecule has 0 aromatic heterocycles. The Morgan fingerprint density at radius 2 is 1.95 bits per heavy atom. The molecule has 1 aliphatic rings. The van der Waals surface area contributed by atoms with Gasteiger partial charge in [-0.15, -0.1) is 0 Å². The molecule has 0 radical (unpaired) electrons. The molecule has 1 rings (SSSR count). The number of piperidine rings is 1. The van der Waals surface area contributed by atoms with E-state index >= 15 is 0 Å². The van der Waals surface area contributed by atoms with Gasteiger partial charge in [-0.3, -0.25) is 4.79 Å². The Bertz CT molecular complexity index is 310. The van der Waals surface area contributed by atoms with Gasteiger partial charge in [0.2, 0.25) is 5.91 Å². The minimum Gasteiger partial charge on any atom is -0.464 e. The van der Waals surface area contributed by atoms with E-state index in [4.69, 9.17) is 4.74 Å². The van der Waals surface area contributed by atoms with Gasteiger partial charge in [0.25, 0.3) is 0 Å². The number of carbonyl (C=O) groups excluding carboxylic acids is 2. The van der Waals surface area contributed by atoms with Crippen LogP contribution in [0.3, 0.4) is 0 Å². The number of carbonyl (C=O) groups is 2. The average molecular weight is 270 g/mol. The van der Waals surface area contributed by atoms with Crippen molar-refractivity contribution in [2.45, 2.75) is 52.0 Å². The SMILES string of the molecule is CCOC(=O)C(C)(C)NC(=O)CCC1CCNCC1. The van der Waals surface area contributed by atoms with E-state index in [-0.39, 0.29) is 11.9 Å². The van der Waals surface area contributed by atoms with Crippen molar-refractivity contribution >= 4 is 11.9 Å². The fraction of sp³-hybridized carbons (Fsp3) is 0.857. The molecule has 5 nitrogen and oxygen atoms in total. The summed E-state index contributed by atoms with van der Waals surface area (Å²) in [4.78, 5) is 23.5. The van der Waals surface area contributed by atoms with Crippen LogP contribution in [0.25, 0.3) is 0 Å². The van der Waals surface area contributed by atoms with Crippen molar-refractivity contribution in [2.24, 2.45) is 5.92 Å². The third kappa shape index (κ3) is 5.59. The molecule has 19 heavy (non-hydrogen) atoms. The van der Waals surface area contributed by atoms with E-state index in [0.29, 0.717) is 18.9 Å². The van der Waals surface area contributed by atoms with Gasteiger partial charge in [-0.25, -0.2) is 4.79 Å². The van der Waals surface area contributed by atoms with Crippen molar-refractivity contribution in [3.05, 3.63) is 0 Å². The number of amides is 1. The summed E-state index contributed by atoms with van der Waals surface area (Å²) in [5.74, 6) is 0.166. The van der Waals surface area contributed by atoms with Gasteiger partial charge >= 0.3 is 5.97 Å². The molecule has 0 saturated carbocycles. The maximum absolute atomic E-state index is 11.9. The molecule has 0 unspecified atom stereocenters. The Morgan fingerprint density at radius 3 is 2.53 bits per heavy atom. The lowest BCUT2D eigenvalue weighted by Crippen LogP contribution is -2.50. The van der Waals surface area contributed by atoms with Crippen molar-refractivity contribution < 1.29 is 14.3 Å². The second-order valence-corrected chi connectivity index (χ2v) is 5.63. The van der Waals surface area contributed by atoms with Crippen LogP contribution in [0.5, 0.6) is 0 Å². The molecule has 1 saturated heterocycles. The van der Waals surface area contributed by atoms with Gasteiger partial charge in [0, 0.05) is 6.42 Å². The minimum absolute atomic E-state index is 0.0726. The van der Waals surface area contributed by atoms with Gasteiger partial charge in [-0.05, 0) is 59.0 Å². The fourth-order valence-corrected chi connectivity index (χ4v) is 2.28. The van der Waals surface area contributed by atoms with Crippen LogP contribution in [0.1, 0.15) is 46.5 Å². The number of hydrogen-bond donors (Lipinski definition) is 2. The zero-order chi connectivity index (χ0) is 14.3. The maximum Gasteiger partial charge on any atom is 0.331 e. The van der Waals surface area contributed by atoms with Crippen LogP contribution in [0, 0.1) is 5.92 Å². The Labute approximate surface area is 115 Å². The number of rotatable bonds is 6. The molecule has 0 aromatic rings. The normalized spacial score (nSPS) is 17.0. The van der Waals surface area contributed by atoms with Crippen LogP contribution >= 0.6 is 0 Å². The van der Waals surface area contributed by atoms with Crippen LogP contribution in [-0.2, 0) is 14.3 Å². The third-order valence-corrected chi connectivity index (χ3v) is 3.48. The topological polar surface area (TPSA) is 67.4 Å². The molecule has 0 aromatic carbocycles. The summed E-state index contributed by atoms with van der Waals surface area (Å²) in [6, 6.07) is 0. The molecular weight excluding hydrogens is 244 g/mol. The Kier molecular flexibility index (Phi) is 6.28. The smallest absolute Gasteiger partial charge is 0.331 e. The fourth-order valence-electron chi connectivity index (χ4n) is 2.28. The van der Waals surface area contributed by atoms with E-state index in [1.807, 2.05) is 0 Å². The van der Waals surface area contributed by atoms with E-state index < -0.39 is 5.54 Å². The molecule has 0 aliphatic carbocycles. The van der Waals surface area contributed by atoms with Crippen LogP contribution in [-0.4, -0.2) is 37.1 Å². The summed E-state index contributed by atoms with van der Waals surface area (Å²) in [6.07, 6.45) is 3.64. The van der Waals surface area contributed by atoms with Crippen molar-refractivity contribution in [3.8, 4) is 0 Å². The lowest BCUT2D eigenvalue weighted by molar-refractivity contribution is -0.151. The standard InChI is InChI=1S/C14H26N2O3/c1-4-19-13(18)14(2,3)16-12(17)6-5-11-7-9-15-10-8-11/h11,15H,4-10H2,1-3H3,(H,16,17). The van der Waals surface area contributed by atoms with E-state index in [1.165, 1.54) is 0 Å². The second kappa shape index (κ2) is 7.48. The summed E-state index contributed by atoms with van der Waals surface area (Å²) in [6.45, 7) is 7.52. The summed E-state index contributed by atoms with van der Waals surface area (Å²) >= 11 is 0. The number of hydrogen-bond acceptors (Lipinski definition) is 4. The minimum atomic E-state index is -0.943. The van der Waals surface area contributed by atoms with E-state index in [9.17, 15) is 9.59 Å². The van der Waals surface area contributed by atoms with Gasteiger partial charge in [-0.2, -0.15) is 0 Å². The highest BCUT2D eigenvalue weighted by atomic mass is 16.5. The molecular formula is C14H26N2O3. The molecule has 2 N–H and O–H groups in total. The van der Waals surface area contributed by atoms with Gasteiger partial charge in [0.1, 0.15) is 5.54 Å². The van der Waals surface area contributed by atoms with Crippen LogP contribution in [0.15, 0.2) is 0 Å². The average Bonchev–Trinajstić information content (AvgIpc) is 2.37. The highest BCUT2D eigenvalue weighted by Gasteiger charge is 2.30. The number of nitrogens with one attached hydrogen (secondary N) is 2. The molecule has 5 heteroatoms. The Balaban J connectivity index is 2.31. The summed E-state index contributed by atoms with van der Waals surface area (Å²) in [5.41, 5.74) is -0.943. The third-order valence-electron chi connectivity index (χ3n) is 3.48. The van der Waals surface area contributed by atoms with E-state index in [0.717, 1.165) is 32.4 Å². The predicted octanol–water partition coefficient (Wildman–Crippen LogP) is 1.22. The molecule has 1 aliphatic heterocycles. The maximum atomic E-state index is 11.9. The largest absolute Gasteiger partial charge is 0.464 e. The zero-order valence-corrected chi connectivity index (χ0v) is 12.3. The zero-order valence-electron chi connectivity index (χ0n) is 12.3. The Morgan fingerprint density at radius 1 is 1.32 bits per heavy atom. The lowest BCUT2D eigenvalue weighted by Gasteiger charge is -2.25. The molecule has 110 valence electrons. The molecule has 0 spiro atoms. The number of esters is 1. The van der Waals surface area contributed by atoms with E-state index in [2.05, 4.69) is 10.6 Å². The molecule has 1 fully saturated rings. The summed E-state index contributed by atoms with van der Waals surface area (Å²) < 4.78 is 4.94. The second-order valence-electron chi connectivity index (χ2n) is 5.63. The van der Waals surface area contributed by atoms with Crippen LogP contribution in [0.4, 0.5) is 0 Å². The first kappa shape index (κ1) is 16.0. The van der Waals surface area contributed by atoms with Crippen LogP contribution < -0.4 is 10.6 Å². The van der Waals surface area contributed by atoms with Gasteiger partial charge in [0.15, 0.2) is 0 Å². The summed E-state index contributed by atoms with van der Waals surface area (Å²) in [7, 11) is 0.